The van der Waals surface area contributed by atoms with Crippen LogP contribution in [0.3, 0.4) is 0 Å². The van der Waals surface area contributed by atoms with Crippen LogP contribution in [0.25, 0.3) is 0 Å². The minimum atomic E-state index is -3.45. The summed E-state index contributed by atoms with van der Waals surface area (Å²) in [5, 5.41) is 2.81. The summed E-state index contributed by atoms with van der Waals surface area (Å²) in [6.45, 7) is 0. The van der Waals surface area contributed by atoms with E-state index in [0.717, 1.165) is 11.1 Å². The predicted molar refractivity (Wildman–Crippen MR) is 102 cm³/mol. The standard InChI is InChI=1S/C20H21NO5S/c1-26-20(23)15-7-5-14(6-8-15)11-12-27(24,25)17-9-10-18-16(13-17)3-2-4-19(22)21-18/h5-10,13H,2-4,11-12H2,1H3,(H,21,22). The molecule has 7 heteroatoms. The molecule has 142 valence electrons. The molecular formula is C20H21NO5S. The number of methoxy groups -OCH3 is 1. The minimum absolute atomic E-state index is 0.0320. The quantitative estimate of drug-likeness (QED) is 0.797. The minimum Gasteiger partial charge on any atom is -0.465 e. The van der Waals surface area contributed by atoms with Crippen LogP contribution in [0, 0.1) is 0 Å². The van der Waals surface area contributed by atoms with E-state index in [-0.39, 0.29) is 16.6 Å². The van der Waals surface area contributed by atoms with Crippen LogP contribution in [-0.2, 0) is 32.2 Å². The summed E-state index contributed by atoms with van der Waals surface area (Å²) in [7, 11) is -2.14. The van der Waals surface area contributed by atoms with E-state index in [1.165, 1.54) is 7.11 Å². The second-order valence-corrected chi connectivity index (χ2v) is 8.59. The SMILES string of the molecule is COC(=O)c1ccc(CCS(=O)(=O)c2ccc3c(c2)CCCC(=O)N3)cc1. The Morgan fingerprint density at radius 1 is 1.11 bits per heavy atom. The van der Waals surface area contributed by atoms with E-state index in [0.29, 0.717) is 36.9 Å². The molecule has 0 unspecified atom stereocenters. The Kier molecular flexibility index (Phi) is 5.60. The number of hydrogen-bond acceptors (Lipinski definition) is 5. The smallest absolute Gasteiger partial charge is 0.337 e. The van der Waals surface area contributed by atoms with Crippen molar-refractivity contribution in [3.05, 3.63) is 59.2 Å². The number of aryl methyl sites for hydroxylation is 2. The van der Waals surface area contributed by atoms with Gasteiger partial charge in [-0.2, -0.15) is 0 Å². The zero-order chi connectivity index (χ0) is 19.4. The Morgan fingerprint density at radius 2 is 1.85 bits per heavy atom. The number of esters is 1. The number of ether oxygens (including phenoxy) is 1. The average Bonchev–Trinajstić information content (AvgIpc) is 2.86. The Labute approximate surface area is 158 Å². The molecule has 0 aliphatic carbocycles. The van der Waals surface area contributed by atoms with Gasteiger partial charge in [-0.1, -0.05) is 12.1 Å². The molecular weight excluding hydrogens is 366 g/mol. The molecule has 0 bridgehead atoms. The normalized spacial score (nSPS) is 14.0. The van der Waals surface area contributed by atoms with E-state index < -0.39 is 15.8 Å². The van der Waals surface area contributed by atoms with E-state index in [1.807, 2.05) is 0 Å². The maximum atomic E-state index is 12.7. The highest BCUT2D eigenvalue weighted by Crippen LogP contribution is 2.26. The number of nitrogens with one attached hydrogen (secondary N) is 1. The van der Waals surface area contributed by atoms with Gasteiger partial charge in [0.25, 0.3) is 0 Å². The molecule has 0 aromatic heterocycles. The summed E-state index contributed by atoms with van der Waals surface area (Å²) < 4.78 is 30.1. The van der Waals surface area contributed by atoms with Crippen molar-refractivity contribution >= 4 is 27.4 Å². The van der Waals surface area contributed by atoms with Crippen LogP contribution in [0.15, 0.2) is 47.4 Å². The van der Waals surface area contributed by atoms with Crippen molar-refractivity contribution in [3.8, 4) is 0 Å². The molecule has 0 saturated carbocycles. The van der Waals surface area contributed by atoms with Crippen molar-refractivity contribution in [3.63, 3.8) is 0 Å². The number of rotatable bonds is 5. The van der Waals surface area contributed by atoms with Crippen molar-refractivity contribution in [1.82, 2.24) is 0 Å². The lowest BCUT2D eigenvalue weighted by Crippen LogP contribution is -2.11. The zero-order valence-electron chi connectivity index (χ0n) is 15.0. The maximum absolute atomic E-state index is 12.7. The first-order valence-corrected chi connectivity index (χ1v) is 10.4. The van der Waals surface area contributed by atoms with Gasteiger partial charge in [0.2, 0.25) is 5.91 Å². The van der Waals surface area contributed by atoms with E-state index >= 15 is 0 Å². The average molecular weight is 387 g/mol. The second kappa shape index (κ2) is 7.92. The first-order valence-electron chi connectivity index (χ1n) is 8.72. The predicted octanol–water partition coefficient (Wildman–Crippen LogP) is 2.76. The molecule has 0 saturated heterocycles. The highest BCUT2D eigenvalue weighted by atomic mass is 32.2. The van der Waals surface area contributed by atoms with Crippen molar-refractivity contribution in [1.29, 1.82) is 0 Å². The van der Waals surface area contributed by atoms with Crippen LogP contribution in [0.5, 0.6) is 0 Å². The number of benzene rings is 2. The molecule has 0 atom stereocenters. The Bertz CT molecular complexity index is 964. The van der Waals surface area contributed by atoms with Crippen LogP contribution >= 0.6 is 0 Å². The van der Waals surface area contributed by atoms with Crippen molar-refractivity contribution in [2.75, 3.05) is 18.2 Å². The first kappa shape index (κ1) is 19.1. The van der Waals surface area contributed by atoms with Gasteiger partial charge in [-0.05, 0) is 60.7 Å². The number of hydrogen-bond donors (Lipinski definition) is 1. The van der Waals surface area contributed by atoms with Gasteiger partial charge in [-0.3, -0.25) is 4.79 Å². The van der Waals surface area contributed by atoms with Crippen molar-refractivity contribution in [2.24, 2.45) is 0 Å². The molecule has 0 fully saturated rings. The van der Waals surface area contributed by atoms with E-state index in [1.54, 1.807) is 42.5 Å². The number of sulfone groups is 1. The summed E-state index contributed by atoms with van der Waals surface area (Å²) >= 11 is 0. The largest absolute Gasteiger partial charge is 0.465 e. The number of amides is 1. The molecule has 6 nitrogen and oxygen atoms in total. The number of anilines is 1. The van der Waals surface area contributed by atoms with Crippen LogP contribution in [0.1, 0.15) is 34.3 Å². The summed E-state index contributed by atoms with van der Waals surface area (Å²) in [6, 6.07) is 11.6. The lowest BCUT2D eigenvalue weighted by molar-refractivity contribution is -0.116. The second-order valence-electron chi connectivity index (χ2n) is 6.48. The van der Waals surface area contributed by atoms with Gasteiger partial charge in [-0.15, -0.1) is 0 Å². The van der Waals surface area contributed by atoms with Gasteiger partial charge in [0.15, 0.2) is 9.84 Å². The Hall–Kier alpha value is -2.67. The number of carbonyl (C=O) groups is 2. The fourth-order valence-corrected chi connectivity index (χ4v) is 4.38. The molecule has 0 spiro atoms. The van der Waals surface area contributed by atoms with Gasteiger partial charge < -0.3 is 10.1 Å². The zero-order valence-corrected chi connectivity index (χ0v) is 15.8. The molecule has 1 amide bonds. The van der Waals surface area contributed by atoms with Gasteiger partial charge >= 0.3 is 5.97 Å². The number of carbonyl (C=O) groups excluding carboxylic acids is 2. The van der Waals surface area contributed by atoms with Gasteiger partial charge in [-0.25, -0.2) is 13.2 Å². The first-order chi connectivity index (χ1) is 12.9. The molecule has 3 rings (SSSR count). The van der Waals surface area contributed by atoms with Crippen LogP contribution in [0.4, 0.5) is 5.69 Å². The van der Waals surface area contributed by atoms with E-state index in [2.05, 4.69) is 10.1 Å². The van der Waals surface area contributed by atoms with Crippen LogP contribution in [0.2, 0.25) is 0 Å². The summed E-state index contributed by atoms with van der Waals surface area (Å²) in [5.74, 6) is -0.499. The number of fused-ring (bicyclic) bond motifs is 1. The van der Waals surface area contributed by atoms with Crippen molar-refractivity contribution in [2.45, 2.75) is 30.6 Å². The highest BCUT2D eigenvalue weighted by molar-refractivity contribution is 7.91. The Morgan fingerprint density at radius 3 is 2.56 bits per heavy atom. The third-order valence-corrected chi connectivity index (χ3v) is 6.31. The maximum Gasteiger partial charge on any atom is 0.337 e. The fourth-order valence-electron chi connectivity index (χ4n) is 3.04. The molecule has 1 N–H and O–H groups in total. The fraction of sp³-hybridized carbons (Fsp3) is 0.300. The van der Waals surface area contributed by atoms with Gasteiger partial charge in [0.1, 0.15) is 0 Å². The van der Waals surface area contributed by atoms with Crippen LogP contribution in [-0.4, -0.2) is 33.2 Å². The molecule has 1 aliphatic heterocycles. The van der Waals surface area contributed by atoms with Crippen molar-refractivity contribution < 1.29 is 22.7 Å². The highest BCUT2D eigenvalue weighted by Gasteiger charge is 2.19. The third kappa shape index (κ3) is 4.54. The van der Waals surface area contributed by atoms with E-state index in [9.17, 15) is 18.0 Å². The lowest BCUT2D eigenvalue weighted by Gasteiger charge is -2.10. The topological polar surface area (TPSA) is 89.5 Å². The van der Waals surface area contributed by atoms with Crippen LogP contribution < -0.4 is 5.32 Å². The summed E-state index contributed by atoms with van der Waals surface area (Å²) in [6.07, 6.45) is 2.16. The molecule has 2 aromatic carbocycles. The Balaban J connectivity index is 1.72. The molecule has 2 aromatic rings. The lowest BCUT2D eigenvalue weighted by atomic mass is 10.1. The molecule has 0 radical (unpaired) electrons. The van der Waals surface area contributed by atoms with E-state index in [4.69, 9.17) is 0 Å². The molecule has 1 aliphatic rings. The molecule has 1 heterocycles. The molecule has 27 heavy (non-hydrogen) atoms. The van der Waals surface area contributed by atoms with Gasteiger partial charge in [0.05, 0.1) is 23.3 Å². The monoisotopic (exact) mass is 387 g/mol. The summed E-state index contributed by atoms with van der Waals surface area (Å²) in [5.41, 5.74) is 2.80. The third-order valence-electron chi connectivity index (χ3n) is 4.59. The summed E-state index contributed by atoms with van der Waals surface area (Å²) in [4.78, 5) is 23.3. The van der Waals surface area contributed by atoms with Gasteiger partial charge in [0, 0.05) is 12.1 Å².